The van der Waals surface area contributed by atoms with Gasteiger partial charge >= 0.3 is 0 Å². The average molecular weight is 230 g/mol. The van der Waals surface area contributed by atoms with Crippen molar-refractivity contribution in [2.24, 2.45) is 0 Å². The van der Waals surface area contributed by atoms with Crippen LogP contribution in [0.5, 0.6) is 0 Å². The minimum atomic E-state index is -0.748. The van der Waals surface area contributed by atoms with Gasteiger partial charge in [0.05, 0.1) is 12.7 Å². The molecule has 1 fully saturated rings. The minimum absolute atomic E-state index is 0.0272. The number of nitrogens with zero attached hydrogens (tertiary/aromatic N) is 1. The number of morpholine rings is 1. The Labute approximate surface area is 97.1 Å². The van der Waals surface area contributed by atoms with Crippen molar-refractivity contribution in [2.75, 3.05) is 40.4 Å². The molecule has 0 aromatic carbocycles. The molecule has 1 aliphatic heterocycles. The second-order valence-electron chi connectivity index (χ2n) is 4.52. The number of carbonyl (C=O) groups excluding carboxylic acids is 1. The predicted octanol–water partition coefficient (Wildman–Crippen LogP) is -0.142. The van der Waals surface area contributed by atoms with Crippen molar-refractivity contribution in [1.29, 1.82) is 0 Å². The maximum Gasteiger partial charge on any atom is 0.254 e. The molecule has 0 aliphatic carbocycles. The molecule has 1 amide bonds. The minimum Gasteiger partial charge on any atom is -0.373 e. The van der Waals surface area contributed by atoms with Crippen LogP contribution in [0.15, 0.2) is 0 Å². The molecule has 1 heterocycles. The molecule has 0 saturated carbocycles. The number of likely N-dealkylation sites (N-methyl/N-ethyl adjacent to an activating group) is 1. The van der Waals surface area contributed by atoms with Crippen molar-refractivity contribution in [2.45, 2.75) is 25.6 Å². The Morgan fingerprint density at radius 1 is 1.62 bits per heavy atom. The summed E-state index contributed by atoms with van der Waals surface area (Å²) >= 11 is 0. The fourth-order valence-electron chi connectivity index (χ4n) is 1.72. The molecule has 1 rings (SSSR count). The largest absolute Gasteiger partial charge is 0.373 e. The van der Waals surface area contributed by atoms with Crippen LogP contribution in [-0.2, 0) is 14.3 Å². The number of hydrogen-bond acceptors (Lipinski definition) is 4. The van der Waals surface area contributed by atoms with Crippen LogP contribution >= 0.6 is 0 Å². The van der Waals surface area contributed by atoms with Crippen LogP contribution in [0.4, 0.5) is 0 Å². The Morgan fingerprint density at radius 3 is 2.88 bits per heavy atom. The molecule has 0 radical (unpaired) electrons. The van der Waals surface area contributed by atoms with Gasteiger partial charge in [-0.15, -0.1) is 0 Å². The van der Waals surface area contributed by atoms with Gasteiger partial charge in [0.2, 0.25) is 0 Å². The quantitative estimate of drug-likeness (QED) is 0.730. The van der Waals surface area contributed by atoms with Crippen molar-refractivity contribution in [3.8, 4) is 0 Å². The summed E-state index contributed by atoms with van der Waals surface area (Å²) in [5, 5.41) is 3.06. The van der Waals surface area contributed by atoms with Crippen molar-refractivity contribution in [3.63, 3.8) is 0 Å². The first-order chi connectivity index (χ1) is 7.51. The SMILES string of the molecule is CNCC1CN(C(=O)C(C)(C)OC)CCO1. The third kappa shape index (κ3) is 3.17. The number of amides is 1. The molecule has 94 valence electrons. The highest BCUT2D eigenvalue weighted by atomic mass is 16.5. The molecule has 1 N–H and O–H groups in total. The van der Waals surface area contributed by atoms with Crippen LogP contribution < -0.4 is 5.32 Å². The van der Waals surface area contributed by atoms with E-state index in [1.807, 2.05) is 11.9 Å². The summed E-state index contributed by atoms with van der Waals surface area (Å²) in [7, 11) is 3.44. The third-order valence-corrected chi connectivity index (χ3v) is 2.88. The zero-order valence-corrected chi connectivity index (χ0v) is 10.6. The molecule has 0 aromatic rings. The molecule has 0 spiro atoms. The molecule has 5 heteroatoms. The summed E-state index contributed by atoms with van der Waals surface area (Å²) < 4.78 is 10.7. The van der Waals surface area contributed by atoms with E-state index in [0.29, 0.717) is 19.7 Å². The van der Waals surface area contributed by atoms with Crippen molar-refractivity contribution in [3.05, 3.63) is 0 Å². The van der Waals surface area contributed by atoms with Gasteiger partial charge in [0.15, 0.2) is 0 Å². The maximum atomic E-state index is 12.1. The standard InChI is InChI=1S/C11H22N2O3/c1-11(2,15-4)10(14)13-5-6-16-9(8-13)7-12-3/h9,12H,5-8H2,1-4H3. The highest BCUT2D eigenvalue weighted by Crippen LogP contribution is 2.15. The van der Waals surface area contributed by atoms with Gasteiger partial charge in [-0.2, -0.15) is 0 Å². The van der Waals surface area contributed by atoms with Gasteiger partial charge < -0.3 is 19.7 Å². The van der Waals surface area contributed by atoms with E-state index in [1.165, 1.54) is 0 Å². The number of methoxy groups -OCH3 is 1. The Hall–Kier alpha value is -0.650. The molecule has 1 saturated heterocycles. The highest BCUT2D eigenvalue weighted by Gasteiger charge is 2.34. The van der Waals surface area contributed by atoms with Crippen LogP contribution in [0, 0.1) is 0 Å². The lowest BCUT2D eigenvalue weighted by molar-refractivity contribution is -0.158. The summed E-state index contributed by atoms with van der Waals surface area (Å²) in [5.41, 5.74) is -0.748. The van der Waals surface area contributed by atoms with Crippen LogP contribution in [-0.4, -0.2) is 62.9 Å². The smallest absolute Gasteiger partial charge is 0.254 e. The zero-order valence-electron chi connectivity index (χ0n) is 10.6. The van der Waals surface area contributed by atoms with Crippen LogP contribution in [0.3, 0.4) is 0 Å². The van der Waals surface area contributed by atoms with E-state index in [0.717, 1.165) is 6.54 Å². The number of hydrogen-bond donors (Lipinski definition) is 1. The van der Waals surface area contributed by atoms with E-state index in [2.05, 4.69) is 5.32 Å². The van der Waals surface area contributed by atoms with Gasteiger partial charge in [0.1, 0.15) is 5.60 Å². The lowest BCUT2D eigenvalue weighted by Crippen LogP contribution is -2.54. The summed E-state index contributed by atoms with van der Waals surface area (Å²) in [6.07, 6.45) is 0.0790. The number of nitrogens with one attached hydrogen (secondary N) is 1. The summed E-state index contributed by atoms with van der Waals surface area (Å²) in [5.74, 6) is 0.0272. The van der Waals surface area contributed by atoms with E-state index >= 15 is 0 Å². The first-order valence-electron chi connectivity index (χ1n) is 5.62. The number of ether oxygens (including phenoxy) is 2. The number of carbonyl (C=O) groups is 1. The van der Waals surface area contributed by atoms with Crippen molar-refractivity contribution < 1.29 is 14.3 Å². The summed E-state index contributed by atoms with van der Waals surface area (Å²) in [6, 6.07) is 0. The van der Waals surface area contributed by atoms with E-state index in [4.69, 9.17) is 9.47 Å². The molecule has 1 atom stereocenters. The first-order valence-corrected chi connectivity index (χ1v) is 5.62. The van der Waals surface area contributed by atoms with Gasteiger partial charge in [-0.05, 0) is 20.9 Å². The lowest BCUT2D eigenvalue weighted by atomic mass is 10.1. The predicted molar refractivity (Wildman–Crippen MR) is 61.3 cm³/mol. The Morgan fingerprint density at radius 2 is 2.31 bits per heavy atom. The second-order valence-corrected chi connectivity index (χ2v) is 4.52. The Bertz CT molecular complexity index is 241. The molecule has 1 unspecified atom stereocenters. The molecular formula is C11H22N2O3. The number of rotatable bonds is 4. The Balaban J connectivity index is 2.56. The molecule has 1 aliphatic rings. The van der Waals surface area contributed by atoms with Gasteiger partial charge in [0, 0.05) is 26.7 Å². The highest BCUT2D eigenvalue weighted by molar-refractivity contribution is 5.84. The van der Waals surface area contributed by atoms with Gasteiger partial charge in [0.25, 0.3) is 5.91 Å². The average Bonchev–Trinajstić information content (AvgIpc) is 2.29. The zero-order chi connectivity index (χ0) is 12.2. The first kappa shape index (κ1) is 13.4. The fraction of sp³-hybridized carbons (Fsp3) is 0.909. The monoisotopic (exact) mass is 230 g/mol. The van der Waals surface area contributed by atoms with E-state index in [9.17, 15) is 4.79 Å². The Kier molecular flexibility index (Phi) is 4.70. The van der Waals surface area contributed by atoms with Gasteiger partial charge in [-0.3, -0.25) is 4.79 Å². The van der Waals surface area contributed by atoms with Gasteiger partial charge in [-0.1, -0.05) is 0 Å². The van der Waals surface area contributed by atoms with Crippen molar-refractivity contribution in [1.82, 2.24) is 10.2 Å². The molecular weight excluding hydrogens is 208 g/mol. The van der Waals surface area contributed by atoms with Crippen LogP contribution in [0.2, 0.25) is 0 Å². The lowest BCUT2D eigenvalue weighted by Gasteiger charge is -2.37. The van der Waals surface area contributed by atoms with E-state index < -0.39 is 5.60 Å². The van der Waals surface area contributed by atoms with Crippen LogP contribution in [0.1, 0.15) is 13.8 Å². The molecule has 5 nitrogen and oxygen atoms in total. The van der Waals surface area contributed by atoms with Gasteiger partial charge in [-0.25, -0.2) is 0 Å². The maximum absolute atomic E-state index is 12.1. The van der Waals surface area contributed by atoms with E-state index in [-0.39, 0.29) is 12.0 Å². The molecule has 0 aromatic heterocycles. The molecule has 0 bridgehead atoms. The van der Waals surface area contributed by atoms with Crippen LogP contribution in [0.25, 0.3) is 0 Å². The fourth-order valence-corrected chi connectivity index (χ4v) is 1.72. The second kappa shape index (κ2) is 5.61. The summed E-state index contributed by atoms with van der Waals surface area (Å²) in [6.45, 7) is 6.21. The van der Waals surface area contributed by atoms with E-state index in [1.54, 1.807) is 21.0 Å². The molecule has 16 heavy (non-hydrogen) atoms. The normalized spacial score (nSPS) is 22.2. The summed E-state index contributed by atoms with van der Waals surface area (Å²) in [4.78, 5) is 13.9. The van der Waals surface area contributed by atoms with Crippen molar-refractivity contribution >= 4 is 5.91 Å². The topological polar surface area (TPSA) is 50.8 Å². The third-order valence-electron chi connectivity index (χ3n) is 2.88.